The number of aliphatic carboxylic acids is 1. The SMILES string of the molecule is O=CC(CC(=O)O)NC(=O)OCc1ccccc1. The molecule has 1 unspecified atom stereocenters. The highest BCUT2D eigenvalue weighted by Crippen LogP contribution is 2.00. The number of hydrogen-bond acceptors (Lipinski definition) is 4. The first-order valence-electron chi connectivity index (χ1n) is 5.26. The maximum absolute atomic E-state index is 11.3. The van der Waals surface area contributed by atoms with Crippen molar-refractivity contribution in [1.29, 1.82) is 0 Å². The van der Waals surface area contributed by atoms with E-state index in [0.29, 0.717) is 6.29 Å². The quantitative estimate of drug-likeness (QED) is 0.734. The zero-order chi connectivity index (χ0) is 13.4. The van der Waals surface area contributed by atoms with Crippen LogP contribution in [0.5, 0.6) is 0 Å². The summed E-state index contributed by atoms with van der Waals surface area (Å²) in [6.07, 6.45) is -0.931. The number of carbonyl (C=O) groups is 3. The van der Waals surface area contributed by atoms with Crippen molar-refractivity contribution in [3.05, 3.63) is 35.9 Å². The van der Waals surface area contributed by atoms with Gasteiger partial charge in [0.05, 0.1) is 12.5 Å². The van der Waals surface area contributed by atoms with E-state index in [1.165, 1.54) is 0 Å². The molecule has 1 aromatic rings. The number of carboxylic acid groups (broad SMARTS) is 1. The molecular formula is C12H13NO5. The molecule has 2 N–H and O–H groups in total. The molecule has 0 fully saturated rings. The Kier molecular flexibility index (Phi) is 5.37. The van der Waals surface area contributed by atoms with E-state index in [2.05, 4.69) is 5.32 Å². The van der Waals surface area contributed by atoms with E-state index in [0.717, 1.165) is 5.56 Å². The molecule has 1 atom stereocenters. The number of alkyl carbamates (subject to hydrolysis) is 1. The normalized spacial score (nSPS) is 11.3. The Morgan fingerprint density at radius 2 is 2.00 bits per heavy atom. The summed E-state index contributed by atoms with van der Waals surface area (Å²) in [6, 6.07) is 7.91. The fourth-order valence-electron chi connectivity index (χ4n) is 1.24. The highest BCUT2D eigenvalue weighted by Gasteiger charge is 2.15. The van der Waals surface area contributed by atoms with Crippen molar-refractivity contribution in [3.63, 3.8) is 0 Å². The maximum Gasteiger partial charge on any atom is 0.408 e. The van der Waals surface area contributed by atoms with E-state index < -0.39 is 24.5 Å². The second-order valence-electron chi connectivity index (χ2n) is 3.55. The molecule has 0 spiro atoms. The molecule has 1 rings (SSSR count). The molecule has 1 aromatic carbocycles. The van der Waals surface area contributed by atoms with E-state index in [1.54, 1.807) is 24.3 Å². The van der Waals surface area contributed by atoms with E-state index in [1.807, 2.05) is 6.07 Å². The minimum Gasteiger partial charge on any atom is -0.481 e. The Bertz CT molecular complexity index is 418. The van der Waals surface area contributed by atoms with Crippen LogP contribution in [-0.2, 0) is 20.9 Å². The zero-order valence-electron chi connectivity index (χ0n) is 9.54. The highest BCUT2D eigenvalue weighted by molar-refractivity contribution is 5.78. The van der Waals surface area contributed by atoms with Crippen LogP contribution in [0.1, 0.15) is 12.0 Å². The lowest BCUT2D eigenvalue weighted by Gasteiger charge is -2.10. The van der Waals surface area contributed by atoms with Crippen LogP contribution in [-0.4, -0.2) is 29.5 Å². The Hall–Kier alpha value is -2.37. The minimum atomic E-state index is -1.17. The molecule has 0 saturated carbocycles. The van der Waals surface area contributed by atoms with Gasteiger partial charge in [0.1, 0.15) is 12.9 Å². The summed E-state index contributed by atoms with van der Waals surface area (Å²) in [5.74, 6) is -1.17. The number of hydrogen-bond donors (Lipinski definition) is 2. The van der Waals surface area contributed by atoms with Gasteiger partial charge in [-0.15, -0.1) is 0 Å². The Labute approximate surface area is 104 Å². The third-order valence-corrected chi connectivity index (χ3v) is 2.07. The average Bonchev–Trinajstić information content (AvgIpc) is 2.36. The molecule has 0 heterocycles. The van der Waals surface area contributed by atoms with Crippen LogP contribution >= 0.6 is 0 Å². The molecule has 0 aliphatic rings. The van der Waals surface area contributed by atoms with E-state index in [9.17, 15) is 14.4 Å². The van der Waals surface area contributed by atoms with Crippen molar-refractivity contribution < 1.29 is 24.2 Å². The molecule has 6 heteroatoms. The predicted octanol–water partition coefficient (Wildman–Crippen LogP) is 0.955. The molecule has 0 aliphatic carbocycles. The zero-order valence-corrected chi connectivity index (χ0v) is 9.54. The monoisotopic (exact) mass is 251 g/mol. The topological polar surface area (TPSA) is 92.7 Å². The van der Waals surface area contributed by atoms with Crippen molar-refractivity contribution >= 4 is 18.3 Å². The Morgan fingerprint density at radius 3 is 2.56 bits per heavy atom. The van der Waals surface area contributed by atoms with E-state index >= 15 is 0 Å². The highest BCUT2D eigenvalue weighted by atomic mass is 16.5. The van der Waals surface area contributed by atoms with Crippen LogP contribution in [0.4, 0.5) is 4.79 Å². The van der Waals surface area contributed by atoms with Gasteiger partial charge in [-0.2, -0.15) is 0 Å². The molecule has 96 valence electrons. The summed E-state index contributed by atoms with van der Waals surface area (Å²) >= 11 is 0. The van der Waals surface area contributed by atoms with Crippen LogP contribution in [0, 0.1) is 0 Å². The summed E-state index contributed by atoms with van der Waals surface area (Å²) in [6.45, 7) is 0.0608. The van der Waals surface area contributed by atoms with Crippen molar-refractivity contribution in [2.75, 3.05) is 0 Å². The standard InChI is InChI=1S/C12H13NO5/c14-7-10(6-11(15)16)13-12(17)18-8-9-4-2-1-3-5-9/h1-5,7,10H,6,8H2,(H,13,17)(H,15,16). The van der Waals surface area contributed by atoms with Gasteiger partial charge in [0.2, 0.25) is 0 Å². The second kappa shape index (κ2) is 7.05. The van der Waals surface area contributed by atoms with Crippen LogP contribution in [0.2, 0.25) is 0 Å². The number of rotatable bonds is 6. The summed E-state index contributed by atoms with van der Waals surface area (Å²) in [5, 5.41) is 10.6. The smallest absolute Gasteiger partial charge is 0.408 e. The Morgan fingerprint density at radius 1 is 1.33 bits per heavy atom. The number of nitrogens with one attached hydrogen (secondary N) is 1. The number of benzene rings is 1. The van der Waals surface area contributed by atoms with E-state index in [4.69, 9.17) is 9.84 Å². The fourth-order valence-corrected chi connectivity index (χ4v) is 1.24. The van der Waals surface area contributed by atoms with Gasteiger partial charge in [-0.3, -0.25) is 4.79 Å². The van der Waals surface area contributed by atoms with Gasteiger partial charge in [-0.1, -0.05) is 30.3 Å². The number of carboxylic acids is 1. The van der Waals surface area contributed by atoms with Gasteiger partial charge in [0, 0.05) is 0 Å². The lowest BCUT2D eigenvalue weighted by Crippen LogP contribution is -2.37. The first-order valence-corrected chi connectivity index (χ1v) is 5.26. The molecule has 6 nitrogen and oxygen atoms in total. The van der Waals surface area contributed by atoms with Crippen molar-refractivity contribution in [1.82, 2.24) is 5.32 Å². The van der Waals surface area contributed by atoms with Crippen molar-refractivity contribution in [2.45, 2.75) is 19.1 Å². The average molecular weight is 251 g/mol. The summed E-state index contributed by atoms with van der Waals surface area (Å²) in [5.41, 5.74) is 0.800. The largest absolute Gasteiger partial charge is 0.481 e. The summed E-state index contributed by atoms with van der Waals surface area (Å²) in [4.78, 5) is 32.2. The molecule has 0 aliphatic heterocycles. The number of amides is 1. The van der Waals surface area contributed by atoms with Crippen LogP contribution in [0.15, 0.2) is 30.3 Å². The molecule has 0 bridgehead atoms. The van der Waals surface area contributed by atoms with E-state index in [-0.39, 0.29) is 6.61 Å². The lowest BCUT2D eigenvalue weighted by molar-refractivity contribution is -0.138. The van der Waals surface area contributed by atoms with Crippen molar-refractivity contribution in [3.8, 4) is 0 Å². The number of carbonyl (C=O) groups excluding carboxylic acids is 2. The fraction of sp³-hybridized carbons (Fsp3) is 0.250. The minimum absolute atomic E-state index is 0.0608. The maximum atomic E-state index is 11.3. The lowest BCUT2D eigenvalue weighted by atomic mass is 10.2. The first-order chi connectivity index (χ1) is 8.61. The van der Waals surface area contributed by atoms with Gasteiger partial charge in [0.25, 0.3) is 0 Å². The molecular weight excluding hydrogens is 238 g/mol. The van der Waals surface area contributed by atoms with Crippen LogP contribution in [0.3, 0.4) is 0 Å². The number of ether oxygens (including phenoxy) is 1. The molecule has 0 aromatic heterocycles. The molecule has 1 amide bonds. The van der Waals surface area contributed by atoms with Gasteiger partial charge in [-0.25, -0.2) is 4.79 Å². The van der Waals surface area contributed by atoms with Gasteiger partial charge in [0.15, 0.2) is 0 Å². The molecule has 0 radical (unpaired) electrons. The van der Waals surface area contributed by atoms with Crippen molar-refractivity contribution in [2.24, 2.45) is 0 Å². The van der Waals surface area contributed by atoms with Crippen LogP contribution in [0.25, 0.3) is 0 Å². The molecule has 0 saturated heterocycles. The summed E-state index contributed by atoms with van der Waals surface area (Å²) in [7, 11) is 0. The van der Waals surface area contributed by atoms with Crippen LogP contribution < -0.4 is 5.32 Å². The van der Waals surface area contributed by atoms with Gasteiger partial charge >= 0.3 is 12.1 Å². The predicted molar refractivity (Wildman–Crippen MR) is 61.9 cm³/mol. The summed E-state index contributed by atoms with van der Waals surface area (Å²) < 4.78 is 4.84. The third kappa shape index (κ3) is 5.11. The number of aldehydes is 1. The Balaban J connectivity index is 2.37. The second-order valence-corrected chi connectivity index (χ2v) is 3.55. The third-order valence-electron chi connectivity index (χ3n) is 2.07. The van der Waals surface area contributed by atoms with Gasteiger partial charge < -0.3 is 20.0 Å². The first kappa shape index (κ1) is 13.7. The van der Waals surface area contributed by atoms with Gasteiger partial charge in [-0.05, 0) is 5.56 Å². The molecule has 18 heavy (non-hydrogen) atoms.